The smallest absolute Gasteiger partial charge is 0.306 e. The van der Waals surface area contributed by atoms with Gasteiger partial charge in [0, 0.05) is 19.3 Å². The molecule has 0 aliphatic rings. The van der Waals surface area contributed by atoms with Gasteiger partial charge in [0.05, 0.1) is 0 Å². The van der Waals surface area contributed by atoms with Gasteiger partial charge < -0.3 is 14.2 Å². The van der Waals surface area contributed by atoms with E-state index in [9.17, 15) is 14.4 Å². The van der Waals surface area contributed by atoms with Crippen molar-refractivity contribution in [3.05, 3.63) is 97.2 Å². The first-order chi connectivity index (χ1) is 38.5. The predicted octanol–water partition coefficient (Wildman–Crippen LogP) is 22.8. The summed E-state index contributed by atoms with van der Waals surface area (Å²) in [6, 6.07) is 0. The molecule has 6 nitrogen and oxygen atoms in total. The zero-order valence-corrected chi connectivity index (χ0v) is 51.4. The summed E-state index contributed by atoms with van der Waals surface area (Å²) in [5, 5.41) is 0. The van der Waals surface area contributed by atoms with E-state index in [-0.39, 0.29) is 31.1 Å². The van der Waals surface area contributed by atoms with E-state index in [0.29, 0.717) is 19.3 Å². The average Bonchev–Trinajstić information content (AvgIpc) is 3.44. The molecule has 0 aliphatic heterocycles. The number of rotatable bonds is 60. The third kappa shape index (κ3) is 63.2. The van der Waals surface area contributed by atoms with Gasteiger partial charge in [-0.1, -0.05) is 279 Å². The van der Waals surface area contributed by atoms with Crippen molar-refractivity contribution in [3.63, 3.8) is 0 Å². The maximum absolute atomic E-state index is 12.9. The van der Waals surface area contributed by atoms with Gasteiger partial charge in [0.15, 0.2) is 6.10 Å². The highest BCUT2D eigenvalue weighted by Crippen LogP contribution is 2.16. The molecule has 0 bridgehead atoms. The van der Waals surface area contributed by atoms with Crippen molar-refractivity contribution >= 4 is 17.9 Å². The van der Waals surface area contributed by atoms with Crippen LogP contribution in [-0.2, 0) is 28.6 Å². The molecule has 0 aromatic heterocycles. The maximum atomic E-state index is 12.9. The molecular weight excluding hydrogens is 961 g/mol. The third-order valence-corrected chi connectivity index (χ3v) is 14.3. The Labute approximate surface area is 483 Å². The number of unbranched alkanes of at least 4 members (excludes halogenated alkanes) is 33. The second-order valence-corrected chi connectivity index (χ2v) is 22.0. The van der Waals surface area contributed by atoms with Gasteiger partial charge in [-0.3, -0.25) is 14.4 Å². The summed E-state index contributed by atoms with van der Waals surface area (Å²) >= 11 is 0. The van der Waals surface area contributed by atoms with Gasteiger partial charge >= 0.3 is 17.9 Å². The van der Waals surface area contributed by atoms with Gasteiger partial charge in [0.25, 0.3) is 0 Å². The molecule has 448 valence electrons. The minimum absolute atomic E-state index is 0.0879. The number of esters is 3. The first-order valence-corrected chi connectivity index (χ1v) is 33.2. The summed E-state index contributed by atoms with van der Waals surface area (Å²) in [6.45, 7) is 6.56. The molecule has 0 rings (SSSR count). The Kier molecular flexibility index (Phi) is 62.7. The fourth-order valence-electron chi connectivity index (χ4n) is 9.24. The fourth-order valence-corrected chi connectivity index (χ4v) is 9.24. The zero-order chi connectivity index (χ0) is 56.4. The lowest BCUT2D eigenvalue weighted by molar-refractivity contribution is -0.167. The minimum Gasteiger partial charge on any atom is -0.462 e. The van der Waals surface area contributed by atoms with Crippen molar-refractivity contribution in [1.29, 1.82) is 0 Å². The lowest BCUT2D eigenvalue weighted by Crippen LogP contribution is -2.30. The Morgan fingerprint density at radius 2 is 0.474 bits per heavy atom. The molecule has 0 N–H and O–H groups in total. The molecule has 0 saturated heterocycles. The first kappa shape index (κ1) is 74.3. The van der Waals surface area contributed by atoms with Crippen molar-refractivity contribution in [2.45, 2.75) is 329 Å². The molecule has 0 aromatic rings. The van der Waals surface area contributed by atoms with Crippen LogP contribution in [0.1, 0.15) is 323 Å². The predicted molar refractivity (Wildman–Crippen MR) is 339 cm³/mol. The van der Waals surface area contributed by atoms with E-state index >= 15 is 0 Å². The van der Waals surface area contributed by atoms with Crippen molar-refractivity contribution in [2.75, 3.05) is 13.2 Å². The van der Waals surface area contributed by atoms with Gasteiger partial charge in [0.2, 0.25) is 0 Å². The molecule has 6 heteroatoms. The van der Waals surface area contributed by atoms with E-state index in [0.717, 1.165) is 122 Å². The highest BCUT2D eigenvalue weighted by molar-refractivity contribution is 5.71. The second-order valence-electron chi connectivity index (χ2n) is 22.0. The standard InChI is InChI=1S/C72H124O6/c1-4-7-10-13-16-19-22-25-28-30-32-33-34-35-36-37-38-39-41-42-44-47-50-53-56-59-62-65-71(74)77-68-69(67-76-70(73)64-61-58-55-52-49-46-27-24-21-18-15-12-9-6-3)78-72(75)66-63-60-57-54-51-48-45-43-40-31-29-26-23-20-17-14-11-8-5-2/h15,17-18,20,22,24-27,29-30,32,34-35,40,43,69H,4-14,16,19,21,23,28,31,33,36-39,41-42,44-68H2,1-3H3/b18-15-,20-17-,25-22-,27-24-,29-26-,32-30-,35-34-,43-40-. The fraction of sp³-hybridized carbons (Fsp3) is 0.736. The molecule has 0 aliphatic carbocycles. The zero-order valence-electron chi connectivity index (χ0n) is 51.4. The van der Waals surface area contributed by atoms with E-state index in [1.807, 2.05) is 0 Å². The molecule has 0 heterocycles. The molecule has 1 unspecified atom stereocenters. The van der Waals surface area contributed by atoms with Crippen LogP contribution in [0.25, 0.3) is 0 Å². The Hall–Kier alpha value is -3.67. The van der Waals surface area contributed by atoms with Crippen LogP contribution in [0.5, 0.6) is 0 Å². The first-order valence-electron chi connectivity index (χ1n) is 33.2. The van der Waals surface area contributed by atoms with E-state index < -0.39 is 6.10 Å². The summed E-state index contributed by atoms with van der Waals surface area (Å²) in [6.07, 6.45) is 88.4. The van der Waals surface area contributed by atoms with Crippen molar-refractivity contribution in [1.82, 2.24) is 0 Å². The van der Waals surface area contributed by atoms with E-state index in [4.69, 9.17) is 14.2 Å². The van der Waals surface area contributed by atoms with Crippen LogP contribution in [0.15, 0.2) is 97.2 Å². The number of hydrogen-bond donors (Lipinski definition) is 0. The molecule has 0 saturated carbocycles. The summed E-state index contributed by atoms with van der Waals surface area (Å²) in [7, 11) is 0. The number of ether oxygens (including phenoxy) is 3. The van der Waals surface area contributed by atoms with Crippen LogP contribution in [-0.4, -0.2) is 37.2 Å². The lowest BCUT2D eigenvalue weighted by atomic mass is 10.0. The largest absolute Gasteiger partial charge is 0.462 e. The highest BCUT2D eigenvalue weighted by Gasteiger charge is 2.19. The summed E-state index contributed by atoms with van der Waals surface area (Å²) in [4.78, 5) is 38.3. The Morgan fingerprint density at radius 3 is 0.782 bits per heavy atom. The summed E-state index contributed by atoms with van der Waals surface area (Å²) in [5.74, 6) is -0.907. The maximum Gasteiger partial charge on any atom is 0.306 e. The number of carbonyl (C=O) groups is 3. The molecule has 78 heavy (non-hydrogen) atoms. The van der Waals surface area contributed by atoms with Gasteiger partial charge in [-0.25, -0.2) is 0 Å². The molecular formula is C72H124O6. The lowest BCUT2D eigenvalue weighted by Gasteiger charge is -2.18. The molecule has 1 atom stereocenters. The summed E-state index contributed by atoms with van der Waals surface area (Å²) < 4.78 is 16.9. The van der Waals surface area contributed by atoms with E-state index in [2.05, 4.69) is 118 Å². The van der Waals surface area contributed by atoms with Crippen LogP contribution in [0, 0.1) is 0 Å². The number of carbonyl (C=O) groups excluding carboxylic acids is 3. The van der Waals surface area contributed by atoms with Crippen LogP contribution in [0.4, 0.5) is 0 Å². The number of hydrogen-bond acceptors (Lipinski definition) is 6. The minimum atomic E-state index is -0.793. The van der Waals surface area contributed by atoms with Crippen LogP contribution in [0.2, 0.25) is 0 Å². The molecule has 0 spiro atoms. The SMILES string of the molecule is CCCC/C=C\C/C=C\CCCCCCCC(=O)OCC(COC(=O)CCCCCCCCCCCCCC/C=C\C/C=C\C/C=C\CCCCCCC)OC(=O)CCCCCCCC/C=C\C/C=C\C/C=C\CCCCC. The molecule has 0 radical (unpaired) electrons. The molecule has 0 fully saturated rings. The summed E-state index contributed by atoms with van der Waals surface area (Å²) in [5.41, 5.74) is 0. The normalized spacial score (nSPS) is 12.7. The van der Waals surface area contributed by atoms with Gasteiger partial charge in [-0.15, -0.1) is 0 Å². The Morgan fingerprint density at radius 1 is 0.256 bits per heavy atom. The van der Waals surface area contributed by atoms with Gasteiger partial charge in [-0.2, -0.15) is 0 Å². The Bertz CT molecular complexity index is 1530. The quantitative estimate of drug-likeness (QED) is 0.0261. The second kappa shape index (κ2) is 65.8. The van der Waals surface area contributed by atoms with Crippen LogP contribution < -0.4 is 0 Å². The van der Waals surface area contributed by atoms with Crippen LogP contribution >= 0.6 is 0 Å². The molecule has 0 amide bonds. The van der Waals surface area contributed by atoms with Gasteiger partial charge in [-0.05, 0) is 122 Å². The van der Waals surface area contributed by atoms with E-state index in [1.54, 1.807) is 0 Å². The van der Waals surface area contributed by atoms with Crippen LogP contribution in [0.3, 0.4) is 0 Å². The Balaban J connectivity index is 4.33. The van der Waals surface area contributed by atoms with Crippen molar-refractivity contribution < 1.29 is 28.6 Å². The average molecular weight is 1090 g/mol. The van der Waals surface area contributed by atoms with Crippen molar-refractivity contribution in [3.8, 4) is 0 Å². The van der Waals surface area contributed by atoms with E-state index in [1.165, 1.54) is 161 Å². The highest BCUT2D eigenvalue weighted by atomic mass is 16.6. The third-order valence-electron chi connectivity index (χ3n) is 14.3. The topological polar surface area (TPSA) is 78.9 Å². The number of allylic oxidation sites excluding steroid dienone is 16. The monoisotopic (exact) mass is 1080 g/mol. The molecule has 0 aromatic carbocycles. The van der Waals surface area contributed by atoms with Gasteiger partial charge in [0.1, 0.15) is 13.2 Å². The van der Waals surface area contributed by atoms with Crippen molar-refractivity contribution in [2.24, 2.45) is 0 Å².